The van der Waals surface area contributed by atoms with Crippen molar-refractivity contribution in [3.63, 3.8) is 0 Å². The third-order valence-corrected chi connectivity index (χ3v) is 3.37. The van der Waals surface area contributed by atoms with Crippen molar-refractivity contribution in [1.29, 1.82) is 0 Å². The van der Waals surface area contributed by atoms with E-state index in [1.54, 1.807) is 4.68 Å². The fraction of sp³-hybridized carbons (Fsp3) is 0.357. The number of hydrogen-bond acceptors (Lipinski definition) is 3. The summed E-state index contributed by atoms with van der Waals surface area (Å²) in [5, 5.41) is 4.22. The molecule has 0 aliphatic carbocycles. The lowest BCUT2D eigenvalue weighted by Crippen LogP contribution is -2.11. The number of nitrogens with two attached hydrogens (primary N) is 1. The standard InChI is InChI=1S/C14H20N4/c1-9-6-11(12-8-16-18(5)14(12)15)13(17(3)4)7-10(9)2/h6-8H,15H2,1-5H3. The van der Waals surface area contributed by atoms with Crippen LogP contribution in [0.3, 0.4) is 0 Å². The summed E-state index contributed by atoms with van der Waals surface area (Å²) < 4.78 is 1.70. The van der Waals surface area contributed by atoms with Gasteiger partial charge in [0.1, 0.15) is 5.82 Å². The van der Waals surface area contributed by atoms with Gasteiger partial charge in [-0.25, -0.2) is 0 Å². The van der Waals surface area contributed by atoms with Crippen molar-refractivity contribution in [3.8, 4) is 11.1 Å². The number of rotatable bonds is 2. The first-order valence-corrected chi connectivity index (χ1v) is 5.98. The first-order chi connectivity index (χ1) is 8.41. The van der Waals surface area contributed by atoms with Crippen LogP contribution in [-0.4, -0.2) is 23.9 Å². The van der Waals surface area contributed by atoms with Gasteiger partial charge in [-0.15, -0.1) is 0 Å². The molecule has 0 amide bonds. The molecule has 0 bridgehead atoms. The topological polar surface area (TPSA) is 47.1 Å². The number of anilines is 2. The molecule has 0 saturated heterocycles. The van der Waals surface area contributed by atoms with Crippen molar-refractivity contribution in [1.82, 2.24) is 9.78 Å². The Labute approximate surface area is 108 Å². The smallest absolute Gasteiger partial charge is 0.129 e. The van der Waals surface area contributed by atoms with Crippen molar-refractivity contribution >= 4 is 11.5 Å². The zero-order chi connectivity index (χ0) is 13.4. The Bertz CT molecular complexity index is 582. The van der Waals surface area contributed by atoms with Gasteiger partial charge in [0.25, 0.3) is 0 Å². The van der Waals surface area contributed by atoms with E-state index < -0.39 is 0 Å². The first kappa shape index (κ1) is 12.5. The number of aryl methyl sites for hydroxylation is 3. The Balaban J connectivity index is 2.70. The van der Waals surface area contributed by atoms with Crippen LogP contribution in [0.15, 0.2) is 18.3 Å². The van der Waals surface area contributed by atoms with Crippen LogP contribution < -0.4 is 10.6 Å². The maximum Gasteiger partial charge on any atom is 0.129 e. The minimum atomic E-state index is 0.696. The van der Waals surface area contributed by atoms with Crippen LogP contribution in [0.4, 0.5) is 11.5 Å². The molecule has 0 spiro atoms. The average Bonchev–Trinajstić information content (AvgIpc) is 2.63. The molecule has 0 radical (unpaired) electrons. The number of nitrogens with zero attached hydrogens (tertiary/aromatic N) is 3. The summed E-state index contributed by atoms with van der Waals surface area (Å²) in [6.45, 7) is 4.24. The van der Waals surface area contributed by atoms with Crippen LogP contribution in [0.2, 0.25) is 0 Å². The van der Waals surface area contributed by atoms with Crippen LogP contribution in [0.25, 0.3) is 11.1 Å². The van der Waals surface area contributed by atoms with Gasteiger partial charge in [0.2, 0.25) is 0 Å². The van der Waals surface area contributed by atoms with Gasteiger partial charge in [-0.1, -0.05) is 0 Å². The largest absolute Gasteiger partial charge is 0.383 e. The normalized spacial score (nSPS) is 10.7. The Morgan fingerprint density at radius 2 is 1.72 bits per heavy atom. The third kappa shape index (κ3) is 1.94. The van der Waals surface area contributed by atoms with E-state index in [0.717, 1.165) is 16.8 Å². The molecule has 0 aliphatic rings. The van der Waals surface area contributed by atoms with E-state index in [4.69, 9.17) is 5.73 Å². The quantitative estimate of drug-likeness (QED) is 0.882. The van der Waals surface area contributed by atoms with Crippen molar-refractivity contribution in [3.05, 3.63) is 29.5 Å². The minimum Gasteiger partial charge on any atom is -0.383 e. The second-order valence-corrected chi connectivity index (χ2v) is 4.92. The molecule has 4 nitrogen and oxygen atoms in total. The van der Waals surface area contributed by atoms with Crippen LogP contribution in [0.1, 0.15) is 11.1 Å². The third-order valence-electron chi connectivity index (χ3n) is 3.37. The maximum absolute atomic E-state index is 6.07. The van der Waals surface area contributed by atoms with Crippen LogP contribution in [0.5, 0.6) is 0 Å². The summed E-state index contributed by atoms with van der Waals surface area (Å²) >= 11 is 0. The molecule has 0 atom stereocenters. The van der Waals surface area contributed by atoms with E-state index in [1.165, 1.54) is 11.1 Å². The molecule has 18 heavy (non-hydrogen) atoms. The van der Waals surface area contributed by atoms with E-state index in [9.17, 15) is 0 Å². The Hall–Kier alpha value is -1.97. The van der Waals surface area contributed by atoms with E-state index in [0.29, 0.717) is 5.82 Å². The monoisotopic (exact) mass is 244 g/mol. The molecule has 1 heterocycles. The van der Waals surface area contributed by atoms with Crippen LogP contribution in [0, 0.1) is 13.8 Å². The van der Waals surface area contributed by atoms with Crippen molar-refractivity contribution < 1.29 is 0 Å². The summed E-state index contributed by atoms with van der Waals surface area (Å²) in [4.78, 5) is 2.11. The lowest BCUT2D eigenvalue weighted by molar-refractivity contribution is 0.779. The predicted molar refractivity (Wildman–Crippen MR) is 76.9 cm³/mol. The maximum atomic E-state index is 6.07. The highest BCUT2D eigenvalue weighted by Crippen LogP contribution is 2.35. The van der Waals surface area contributed by atoms with Crippen LogP contribution in [-0.2, 0) is 7.05 Å². The molecular weight excluding hydrogens is 224 g/mol. The Morgan fingerprint density at radius 3 is 2.22 bits per heavy atom. The molecule has 1 aromatic heterocycles. The molecule has 0 aliphatic heterocycles. The van der Waals surface area contributed by atoms with Gasteiger partial charge in [0, 0.05) is 38.0 Å². The molecule has 2 N–H and O–H groups in total. The fourth-order valence-corrected chi connectivity index (χ4v) is 2.04. The van der Waals surface area contributed by atoms with Gasteiger partial charge < -0.3 is 10.6 Å². The fourth-order valence-electron chi connectivity index (χ4n) is 2.04. The van der Waals surface area contributed by atoms with E-state index in [1.807, 2.05) is 27.3 Å². The van der Waals surface area contributed by atoms with Crippen molar-refractivity contribution in [2.75, 3.05) is 24.7 Å². The SMILES string of the molecule is Cc1cc(-c2cnn(C)c2N)c(N(C)C)cc1C. The second-order valence-electron chi connectivity index (χ2n) is 4.92. The zero-order valence-electron chi connectivity index (χ0n) is 11.7. The average molecular weight is 244 g/mol. The second kappa shape index (κ2) is 4.37. The van der Waals surface area contributed by atoms with E-state index in [-0.39, 0.29) is 0 Å². The van der Waals surface area contributed by atoms with Crippen molar-refractivity contribution in [2.24, 2.45) is 7.05 Å². The highest BCUT2D eigenvalue weighted by Gasteiger charge is 2.14. The molecular formula is C14H20N4. The van der Waals surface area contributed by atoms with Crippen LogP contribution >= 0.6 is 0 Å². The Kier molecular flexibility index (Phi) is 3.03. The van der Waals surface area contributed by atoms with Gasteiger partial charge in [-0.3, -0.25) is 4.68 Å². The minimum absolute atomic E-state index is 0.696. The van der Waals surface area contributed by atoms with Gasteiger partial charge >= 0.3 is 0 Å². The predicted octanol–water partition coefficient (Wildman–Crippen LogP) is 2.35. The molecule has 1 aromatic carbocycles. The van der Waals surface area contributed by atoms with E-state index >= 15 is 0 Å². The van der Waals surface area contributed by atoms with E-state index in [2.05, 4.69) is 36.0 Å². The number of hydrogen-bond donors (Lipinski definition) is 1. The van der Waals surface area contributed by atoms with Gasteiger partial charge in [-0.2, -0.15) is 5.10 Å². The first-order valence-electron chi connectivity index (χ1n) is 5.98. The molecule has 0 saturated carbocycles. The summed E-state index contributed by atoms with van der Waals surface area (Å²) in [5.41, 5.74) is 11.9. The summed E-state index contributed by atoms with van der Waals surface area (Å²) in [6, 6.07) is 4.37. The van der Waals surface area contributed by atoms with Crippen molar-refractivity contribution in [2.45, 2.75) is 13.8 Å². The Morgan fingerprint density at radius 1 is 1.11 bits per heavy atom. The molecule has 2 rings (SSSR count). The molecule has 0 fully saturated rings. The molecule has 4 heteroatoms. The van der Waals surface area contributed by atoms with Gasteiger partial charge in [-0.05, 0) is 37.1 Å². The van der Waals surface area contributed by atoms with Gasteiger partial charge in [0.05, 0.1) is 6.20 Å². The highest BCUT2D eigenvalue weighted by atomic mass is 15.3. The molecule has 2 aromatic rings. The lowest BCUT2D eigenvalue weighted by Gasteiger charge is -2.19. The summed E-state index contributed by atoms with van der Waals surface area (Å²) in [5.74, 6) is 0.696. The number of benzene rings is 1. The summed E-state index contributed by atoms with van der Waals surface area (Å²) in [6.07, 6.45) is 1.83. The zero-order valence-corrected chi connectivity index (χ0v) is 11.7. The number of aromatic nitrogens is 2. The lowest BCUT2D eigenvalue weighted by atomic mass is 9.99. The molecule has 0 unspecified atom stereocenters. The highest BCUT2D eigenvalue weighted by molar-refractivity contribution is 5.85. The summed E-state index contributed by atoms with van der Waals surface area (Å²) in [7, 11) is 5.94. The number of nitrogen functional groups attached to an aromatic ring is 1. The molecule has 96 valence electrons. The van der Waals surface area contributed by atoms with Gasteiger partial charge in [0.15, 0.2) is 0 Å².